The van der Waals surface area contributed by atoms with E-state index in [1.807, 2.05) is 0 Å². The molecule has 1 aliphatic heterocycles. The molecule has 4 heteroatoms. The first kappa shape index (κ1) is 10.6. The number of rotatable bonds is 2. The molecule has 0 aromatic heterocycles. The van der Waals surface area contributed by atoms with Gasteiger partial charge in [-0.05, 0) is 37.6 Å². The molecule has 0 radical (unpaired) electrons. The van der Waals surface area contributed by atoms with Crippen LogP contribution < -0.4 is 5.32 Å². The highest BCUT2D eigenvalue weighted by atomic mass is 35.5. The number of hydrogen-bond acceptors (Lipinski definition) is 2. The number of benzene rings is 1. The Bertz CT molecular complexity index is 388. The standard InChI is InChI=1S/C11H11ClFNO/c12-8-4-3-7(6-9(8)13)11(15)10-2-1-5-14-10/h3-4,6,10,14H,1-2,5H2/t10-/m1/s1. The van der Waals surface area contributed by atoms with E-state index in [-0.39, 0.29) is 16.8 Å². The normalized spacial score (nSPS) is 20.5. The average Bonchev–Trinajstić information content (AvgIpc) is 2.74. The van der Waals surface area contributed by atoms with Crippen LogP contribution in [0.15, 0.2) is 18.2 Å². The third-order valence-electron chi connectivity index (χ3n) is 2.58. The van der Waals surface area contributed by atoms with Gasteiger partial charge in [0.25, 0.3) is 0 Å². The van der Waals surface area contributed by atoms with Gasteiger partial charge in [-0.3, -0.25) is 4.79 Å². The van der Waals surface area contributed by atoms with E-state index in [1.54, 1.807) is 6.07 Å². The molecule has 1 aromatic rings. The molecule has 1 atom stereocenters. The van der Waals surface area contributed by atoms with Crippen molar-refractivity contribution in [1.29, 1.82) is 0 Å². The lowest BCUT2D eigenvalue weighted by Gasteiger charge is -2.08. The van der Waals surface area contributed by atoms with Crippen molar-refractivity contribution in [3.05, 3.63) is 34.6 Å². The molecular formula is C11H11ClFNO. The zero-order valence-corrected chi connectivity index (χ0v) is 8.85. The number of carbonyl (C=O) groups is 1. The third-order valence-corrected chi connectivity index (χ3v) is 2.89. The second-order valence-corrected chi connectivity index (χ2v) is 4.05. The second kappa shape index (κ2) is 4.29. The lowest BCUT2D eigenvalue weighted by atomic mass is 10.0. The largest absolute Gasteiger partial charge is 0.307 e. The summed E-state index contributed by atoms with van der Waals surface area (Å²) < 4.78 is 13.1. The summed E-state index contributed by atoms with van der Waals surface area (Å²) >= 11 is 5.54. The highest BCUT2D eigenvalue weighted by Crippen LogP contribution is 2.18. The van der Waals surface area contributed by atoms with Crippen molar-refractivity contribution in [2.24, 2.45) is 0 Å². The highest BCUT2D eigenvalue weighted by molar-refractivity contribution is 6.30. The molecule has 0 aliphatic carbocycles. The van der Waals surface area contributed by atoms with Gasteiger partial charge in [0.1, 0.15) is 5.82 Å². The van der Waals surface area contributed by atoms with Crippen LogP contribution in [0.2, 0.25) is 5.02 Å². The number of ketones is 1. The molecule has 2 rings (SSSR count). The molecule has 1 saturated heterocycles. The molecule has 1 aliphatic rings. The maximum atomic E-state index is 13.1. The topological polar surface area (TPSA) is 29.1 Å². The van der Waals surface area contributed by atoms with Crippen molar-refractivity contribution in [3.8, 4) is 0 Å². The third kappa shape index (κ3) is 2.19. The Hall–Kier alpha value is -0.930. The first-order chi connectivity index (χ1) is 7.18. The molecule has 1 fully saturated rings. The van der Waals surface area contributed by atoms with Crippen molar-refractivity contribution >= 4 is 17.4 Å². The fourth-order valence-electron chi connectivity index (χ4n) is 1.76. The summed E-state index contributed by atoms with van der Waals surface area (Å²) in [5, 5.41) is 3.13. The van der Waals surface area contributed by atoms with E-state index in [4.69, 9.17) is 11.6 Å². The van der Waals surface area contributed by atoms with Gasteiger partial charge in [0.15, 0.2) is 5.78 Å². The van der Waals surface area contributed by atoms with Crippen LogP contribution in [0.3, 0.4) is 0 Å². The minimum absolute atomic E-state index is 0.0472. The van der Waals surface area contributed by atoms with E-state index in [1.165, 1.54) is 12.1 Å². The maximum Gasteiger partial charge on any atom is 0.179 e. The van der Waals surface area contributed by atoms with Gasteiger partial charge in [-0.15, -0.1) is 0 Å². The van der Waals surface area contributed by atoms with Crippen LogP contribution in [0.5, 0.6) is 0 Å². The summed E-state index contributed by atoms with van der Waals surface area (Å²) in [4.78, 5) is 11.8. The molecule has 80 valence electrons. The van der Waals surface area contributed by atoms with Crippen LogP contribution in [0.25, 0.3) is 0 Å². The monoisotopic (exact) mass is 227 g/mol. The van der Waals surface area contributed by atoms with Gasteiger partial charge in [0, 0.05) is 5.56 Å². The van der Waals surface area contributed by atoms with Gasteiger partial charge in [0.2, 0.25) is 0 Å². The van der Waals surface area contributed by atoms with Gasteiger partial charge in [-0.1, -0.05) is 11.6 Å². The predicted octanol–water partition coefficient (Wildman–Crippen LogP) is 2.41. The summed E-state index contributed by atoms with van der Waals surface area (Å²) in [6, 6.07) is 4.02. The molecule has 2 nitrogen and oxygen atoms in total. The molecule has 1 heterocycles. The Kier molecular flexibility index (Phi) is 3.03. The fraction of sp³-hybridized carbons (Fsp3) is 0.364. The van der Waals surface area contributed by atoms with Crippen molar-refractivity contribution in [2.75, 3.05) is 6.54 Å². The van der Waals surface area contributed by atoms with Crippen LogP contribution in [-0.2, 0) is 0 Å². The highest BCUT2D eigenvalue weighted by Gasteiger charge is 2.23. The van der Waals surface area contributed by atoms with E-state index in [9.17, 15) is 9.18 Å². The summed E-state index contributed by atoms with van der Waals surface area (Å²) in [7, 11) is 0. The summed E-state index contributed by atoms with van der Waals surface area (Å²) in [5.41, 5.74) is 0.385. The van der Waals surface area contributed by atoms with E-state index in [0.29, 0.717) is 5.56 Å². The van der Waals surface area contributed by atoms with Crippen molar-refractivity contribution in [2.45, 2.75) is 18.9 Å². The Labute approximate surface area is 92.4 Å². The number of nitrogens with one attached hydrogen (secondary N) is 1. The van der Waals surface area contributed by atoms with Crippen LogP contribution >= 0.6 is 11.6 Å². The Balaban J connectivity index is 2.21. The van der Waals surface area contributed by atoms with Crippen LogP contribution in [0.1, 0.15) is 23.2 Å². The molecule has 15 heavy (non-hydrogen) atoms. The van der Waals surface area contributed by atoms with Gasteiger partial charge in [-0.25, -0.2) is 4.39 Å². The Morgan fingerprint density at radius 1 is 1.53 bits per heavy atom. The van der Waals surface area contributed by atoms with Gasteiger partial charge in [0.05, 0.1) is 11.1 Å². The van der Waals surface area contributed by atoms with E-state index in [0.717, 1.165) is 19.4 Å². The van der Waals surface area contributed by atoms with Crippen molar-refractivity contribution < 1.29 is 9.18 Å². The number of Topliss-reactive ketones (excluding diaryl/α,β-unsaturated/α-hetero) is 1. The molecule has 0 bridgehead atoms. The van der Waals surface area contributed by atoms with Gasteiger partial charge >= 0.3 is 0 Å². The molecule has 1 aromatic carbocycles. The summed E-state index contributed by atoms with van der Waals surface area (Å²) in [5.74, 6) is -0.594. The zero-order valence-electron chi connectivity index (χ0n) is 8.09. The average molecular weight is 228 g/mol. The van der Waals surface area contributed by atoms with E-state index < -0.39 is 5.82 Å². The number of halogens is 2. The molecular weight excluding hydrogens is 217 g/mol. The number of hydrogen-bond donors (Lipinski definition) is 1. The first-order valence-corrected chi connectivity index (χ1v) is 5.29. The lowest BCUT2D eigenvalue weighted by molar-refractivity contribution is 0.0952. The molecule has 0 spiro atoms. The van der Waals surface area contributed by atoms with E-state index in [2.05, 4.69) is 5.32 Å². The SMILES string of the molecule is O=C(c1ccc(Cl)c(F)c1)[C@H]1CCCN1. The maximum absolute atomic E-state index is 13.1. The Morgan fingerprint density at radius 3 is 2.93 bits per heavy atom. The number of carbonyl (C=O) groups excluding carboxylic acids is 1. The second-order valence-electron chi connectivity index (χ2n) is 3.64. The van der Waals surface area contributed by atoms with Crippen molar-refractivity contribution in [1.82, 2.24) is 5.32 Å². The zero-order chi connectivity index (χ0) is 10.8. The Morgan fingerprint density at radius 2 is 2.33 bits per heavy atom. The smallest absolute Gasteiger partial charge is 0.179 e. The summed E-state index contributed by atoms with van der Waals surface area (Å²) in [6.45, 7) is 0.854. The molecule has 0 saturated carbocycles. The molecule has 0 unspecified atom stereocenters. The quantitative estimate of drug-likeness (QED) is 0.787. The van der Waals surface area contributed by atoms with Crippen LogP contribution in [0, 0.1) is 5.82 Å². The lowest BCUT2D eigenvalue weighted by Crippen LogP contribution is -2.30. The van der Waals surface area contributed by atoms with Gasteiger partial charge in [-0.2, -0.15) is 0 Å². The van der Waals surface area contributed by atoms with Gasteiger partial charge < -0.3 is 5.32 Å². The van der Waals surface area contributed by atoms with Crippen LogP contribution in [0.4, 0.5) is 4.39 Å². The van der Waals surface area contributed by atoms with Crippen LogP contribution in [-0.4, -0.2) is 18.4 Å². The molecule has 0 amide bonds. The van der Waals surface area contributed by atoms with Crippen molar-refractivity contribution in [3.63, 3.8) is 0 Å². The minimum Gasteiger partial charge on any atom is -0.307 e. The first-order valence-electron chi connectivity index (χ1n) is 4.91. The fourth-order valence-corrected chi connectivity index (χ4v) is 1.88. The molecule has 1 N–H and O–H groups in total. The van der Waals surface area contributed by atoms with E-state index >= 15 is 0 Å². The summed E-state index contributed by atoms with van der Waals surface area (Å²) in [6.07, 6.45) is 1.82. The predicted molar refractivity (Wildman–Crippen MR) is 56.8 cm³/mol. The minimum atomic E-state index is -0.541.